The molecule has 1 aromatic rings. The maximum atomic E-state index is 11.4. The Hall–Kier alpha value is -1.46. The van der Waals surface area contributed by atoms with Gasteiger partial charge in [-0.25, -0.2) is 4.79 Å². The molecule has 1 rings (SSSR count). The zero-order valence-corrected chi connectivity index (χ0v) is 11.3. The molecule has 98 valence electrons. The van der Waals surface area contributed by atoms with Crippen LogP contribution in [-0.2, 0) is 4.79 Å². The normalized spacial score (nSPS) is 11.6. The van der Waals surface area contributed by atoms with E-state index in [2.05, 4.69) is 10.6 Å². The van der Waals surface area contributed by atoms with Gasteiger partial charge in [-0.2, -0.15) is 0 Å². The Bertz CT molecular complexity index is 464. The summed E-state index contributed by atoms with van der Waals surface area (Å²) in [6, 6.07) is 4.03. The van der Waals surface area contributed by atoms with Gasteiger partial charge in [0.1, 0.15) is 11.1 Å². The number of amides is 3. The van der Waals surface area contributed by atoms with Crippen LogP contribution in [0, 0.1) is 0 Å². The molecule has 0 aliphatic carbocycles. The first-order valence-corrected chi connectivity index (χ1v) is 5.85. The van der Waals surface area contributed by atoms with Crippen molar-refractivity contribution in [3.05, 3.63) is 23.2 Å². The molecule has 1 aromatic carbocycles. The number of halogens is 2. The van der Waals surface area contributed by atoms with Gasteiger partial charge in [-0.3, -0.25) is 10.1 Å². The highest BCUT2D eigenvalue weighted by atomic mass is 35.5. The van der Waals surface area contributed by atoms with E-state index in [0.29, 0.717) is 16.5 Å². The van der Waals surface area contributed by atoms with E-state index in [1.807, 2.05) is 0 Å². The number of ether oxygens (including phenoxy) is 1. The maximum Gasteiger partial charge on any atom is 0.325 e. The fraction of sp³-hybridized carbons (Fsp3) is 0.273. The van der Waals surface area contributed by atoms with E-state index in [9.17, 15) is 9.59 Å². The van der Waals surface area contributed by atoms with Crippen LogP contribution in [0.25, 0.3) is 0 Å². The highest BCUT2D eigenvalue weighted by Crippen LogP contribution is 2.27. The van der Waals surface area contributed by atoms with Gasteiger partial charge >= 0.3 is 6.03 Å². The van der Waals surface area contributed by atoms with E-state index in [1.54, 1.807) is 12.1 Å². The van der Waals surface area contributed by atoms with Crippen LogP contribution >= 0.6 is 23.2 Å². The minimum Gasteiger partial charge on any atom is -0.495 e. The first-order valence-electron chi connectivity index (χ1n) is 5.03. The van der Waals surface area contributed by atoms with Crippen molar-refractivity contribution in [2.24, 2.45) is 0 Å². The lowest BCUT2D eigenvalue weighted by Crippen LogP contribution is -2.38. The molecular weight excluding hydrogens is 279 g/mol. The lowest BCUT2D eigenvalue weighted by Gasteiger charge is -2.09. The number of rotatable bonds is 3. The third kappa shape index (κ3) is 4.09. The summed E-state index contributed by atoms with van der Waals surface area (Å²) in [6.45, 7) is 1.47. The minimum atomic E-state index is -0.782. The number of carbonyl (C=O) groups is 2. The van der Waals surface area contributed by atoms with Crippen LogP contribution in [0.15, 0.2) is 18.2 Å². The molecule has 0 aliphatic heterocycles. The van der Waals surface area contributed by atoms with Crippen molar-refractivity contribution >= 4 is 40.8 Å². The number of anilines is 1. The Morgan fingerprint density at radius 3 is 2.56 bits per heavy atom. The fourth-order valence-corrected chi connectivity index (χ4v) is 1.43. The molecule has 2 N–H and O–H groups in total. The van der Waals surface area contributed by atoms with E-state index in [0.717, 1.165) is 0 Å². The largest absolute Gasteiger partial charge is 0.495 e. The van der Waals surface area contributed by atoms with Crippen molar-refractivity contribution in [1.29, 1.82) is 0 Å². The fourth-order valence-electron chi connectivity index (χ4n) is 1.12. The van der Waals surface area contributed by atoms with Gasteiger partial charge in [0.05, 0.1) is 12.1 Å². The molecule has 0 bridgehead atoms. The number of hydrogen-bond acceptors (Lipinski definition) is 3. The number of methoxy groups -OCH3 is 1. The van der Waals surface area contributed by atoms with Crippen LogP contribution in [0.1, 0.15) is 6.92 Å². The van der Waals surface area contributed by atoms with E-state index in [-0.39, 0.29) is 0 Å². The molecular formula is C11H12Cl2N2O3. The zero-order chi connectivity index (χ0) is 13.7. The van der Waals surface area contributed by atoms with Crippen LogP contribution in [0.3, 0.4) is 0 Å². The molecule has 0 aromatic heterocycles. The molecule has 0 aliphatic rings. The summed E-state index contributed by atoms with van der Waals surface area (Å²) in [5.41, 5.74) is 0.438. The standard InChI is InChI=1S/C11H12Cl2N2O3/c1-6(12)10(16)15-11(17)14-7-3-4-9(18-2)8(13)5-7/h3-6H,1-2H3,(H2,14,15,16,17). The van der Waals surface area contributed by atoms with E-state index in [4.69, 9.17) is 27.9 Å². The number of imide groups is 1. The monoisotopic (exact) mass is 290 g/mol. The van der Waals surface area contributed by atoms with Gasteiger partial charge in [-0.05, 0) is 25.1 Å². The summed E-state index contributed by atoms with van der Waals surface area (Å²) < 4.78 is 4.97. The Morgan fingerprint density at radius 2 is 2.06 bits per heavy atom. The van der Waals surface area contributed by atoms with Crippen molar-refractivity contribution in [2.75, 3.05) is 12.4 Å². The smallest absolute Gasteiger partial charge is 0.325 e. The highest BCUT2D eigenvalue weighted by Gasteiger charge is 2.13. The molecule has 7 heteroatoms. The molecule has 0 spiro atoms. The summed E-state index contributed by atoms with van der Waals surface area (Å²) in [4.78, 5) is 22.6. The quantitative estimate of drug-likeness (QED) is 0.841. The lowest BCUT2D eigenvalue weighted by molar-refractivity contribution is -0.119. The van der Waals surface area contributed by atoms with E-state index in [1.165, 1.54) is 20.1 Å². The Morgan fingerprint density at radius 1 is 1.39 bits per heavy atom. The van der Waals surface area contributed by atoms with Gasteiger partial charge in [0.25, 0.3) is 0 Å². The number of urea groups is 1. The highest BCUT2D eigenvalue weighted by molar-refractivity contribution is 6.32. The van der Waals surface area contributed by atoms with Crippen molar-refractivity contribution < 1.29 is 14.3 Å². The van der Waals surface area contributed by atoms with Crippen molar-refractivity contribution in [3.63, 3.8) is 0 Å². The number of hydrogen-bond donors (Lipinski definition) is 2. The predicted molar refractivity (Wildman–Crippen MR) is 70.5 cm³/mol. The van der Waals surface area contributed by atoms with Crippen LogP contribution < -0.4 is 15.4 Å². The second-order valence-corrected chi connectivity index (χ2v) is 4.47. The predicted octanol–water partition coefficient (Wildman–Crippen LogP) is 2.62. The summed E-state index contributed by atoms with van der Waals surface area (Å²) in [7, 11) is 1.49. The third-order valence-electron chi connectivity index (χ3n) is 2.01. The average molecular weight is 291 g/mol. The SMILES string of the molecule is COc1ccc(NC(=O)NC(=O)C(C)Cl)cc1Cl. The molecule has 1 unspecified atom stereocenters. The van der Waals surface area contributed by atoms with Gasteiger partial charge in [-0.15, -0.1) is 11.6 Å². The molecule has 1 atom stereocenters. The summed E-state index contributed by atoms with van der Waals surface area (Å²) in [5, 5.41) is 4.10. The first-order chi connectivity index (χ1) is 8.43. The van der Waals surface area contributed by atoms with Gasteiger partial charge in [0.15, 0.2) is 0 Å². The molecule has 0 saturated heterocycles. The van der Waals surface area contributed by atoms with Crippen LogP contribution in [0.2, 0.25) is 5.02 Å². The summed E-state index contributed by atoms with van der Waals surface area (Å²) in [6.07, 6.45) is 0. The Kier molecular flexibility index (Phi) is 5.25. The number of nitrogens with one attached hydrogen (secondary N) is 2. The summed E-state index contributed by atoms with van der Waals surface area (Å²) in [5.74, 6) is -0.0816. The van der Waals surface area contributed by atoms with Gasteiger partial charge in [0, 0.05) is 5.69 Å². The Labute approximate surface area is 114 Å². The topological polar surface area (TPSA) is 67.4 Å². The van der Waals surface area contributed by atoms with E-state index >= 15 is 0 Å². The molecule has 0 saturated carbocycles. The third-order valence-corrected chi connectivity index (χ3v) is 2.50. The maximum absolute atomic E-state index is 11.4. The van der Waals surface area contributed by atoms with Gasteiger partial charge in [-0.1, -0.05) is 11.6 Å². The first kappa shape index (κ1) is 14.6. The van der Waals surface area contributed by atoms with Crippen molar-refractivity contribution in [1.82, 2.24) is 5.32 Å². The zero-order valence-electron chi connectivity index (χ0n) is 9.79. The molecule has 18 heavy (non-hydrogen) atoms. The molecule has 5 nitrogen and oxygen atoms in total. The van der Waals surface area contributed by atoms with Gasteiger partial charge in [0.2, 0.25) is 5.91 Å². The number of carbonyl (C=O) groups excluding carboxylic acids is 2. The van der Waals surface area contributed by atoms with Crippen LogP contribution in [-0.4, -0.2) is 24.4 Å². The van der Waals surface area contributed by atoms with Crippen molar-refractivity contribution in [3.8, 4) is 5.75 Å². The second-order valence-electron chi connectivity index (χ2n) is 3.41. The van der Waals surface area contributed by atoms with Crippen molar-refractivity contribution in [2.45, 2.75) is 12.3 Å². The van der Waals surface area contributed by atoms with Crippen LogP contribution in [0.5, 0.6) is 5.75 Å². The average Bonchev–Trinajstić information content (AvgIpc) is 2.28. The molecule has 3 amide bonds. The second kappa shape index (κ2) is 6.47. The molecule has 0 fully saturated rings. The van der Waals surface area contributed by atoms with E-state index < -0.39 is 17.3 Å². The van der Waals surface area contributed by atoms with Gasteiger partial charge < -0.3 is 10.1 Å². The van der Waals surface area contributed by atoms with Crippen LogP contribution in [0.4, 0.5) is 10.5 Å². The number of benzene rings is 1. The summed E-state index contributed by atoms with van der Waals surface area (Å²) >= 11 is 11.4. The minimum absolute atomic E-state index is 0.354. The lowest BCUT2D eigenvalue weighted by atomic mass is 10.3. The number of alkyl halides is 1. The Balaban J connectivity index is 2.65. The molecule has 0 heterocycles. The molecule has 0 radical (unpaired) electrons.